The molecule has 1 amide bonds. The fourth-order valence-electron chi connectivity index (χ4n) is 1.86. The molecular formula is C18H41NO. The van der Waals surface area contributed by atoms with Crippen LogP contribution >= 0.6 is 0 Å². The SMILES string of the molecule is CC.CC(=O)NCC(C)(C)CC(C)(C)C.CCC(C)C. The molecule has 0 atom stereocenters. The van der Waals surface area contributed by atoms with Gasteiger partial charge in [0.2, 0.25) is 5.91 Å². The summed E-state index contributed by atoms with van der Waals surface area (Å²) in [6.45, 7) is 24.0. The van der Waals surface area contributed by atoms with Gasteiger partial charge < -0.3 is 5.32 Å². The van der Waals surface area contributed by atoms with E-state index in [1.807, 2.05) is 13.8 Å². The van der Waals surface area contributed by atoms with Crippen LogP contribution in [-0.2, 0) is 4.79 Å². The average molecular weight is 288 g/mol. The van der Waals surface area contributed by atoms with Gasteiger partial charge in [-0.05, 0) is 23.2 Å². The van der Waals surface area contributed by atoms with Crippen LogP contribution in [-0.4, -0.2) is 12.5 Å². The first-order valence-electron chi connectivity index (χ1n) is 8.14. The van der Waals surface area contributed by atoms with Crippen molar-refractivity contribution in [3.63, 3.8) is 0 Å². The molecular weight excluding hydrogens is 246 g/mol. The molecule has 0 aromatic rings. The van der Waals surface area contributed by atoms with Gasteiger partial charge in [-0.3, -0.25) is 4.79 Å². The molecule has 0 saturated heterocycles. The first kappa shape index (κ1) is 24.5. The van der Waals surface area contributed by atoms with E-state index in [2.05, 4.69) is 60.7 Å². The molecule has 0 saturated carbocycles. The lowest BCUT2D eigenvalue weighted by molar-refractivity contribution is -0.119. The number of hydrogen-bond acceptors (Lipinski definition) is 1. The molecule has 2 nitrogen and oxygen atoms in total. The summed E-state index contributed by atoms with van der Waals surface area (Å²) in [6, 6.07) is 0. The molecule has 1 N–H and O–H groups in total. The van der Waals surface area contributed by atoms with Gasteiger partial charge in [0, 0.05) is 13.5 Å². The van der Waals surface area contributed by atoms with Gasteiger partial charge in [-0.15, -0.1) is 0 Å². The van der Waals surface area contributed by atoms with E-state index in [1.165, 1.54) is 6.42 Å². The van der Waals surface area contributed by atoms with E-state index in [0.29, 0.717) is 5.41 Å². The van der Waals surface area contributed by atoms with Crippen LogP contribution in [0.1, 0.15) is 89.0 Å². The maximum Gasteiger partial charge on any atom is 0.216 e. The Kier molecular flexibility index (Phi) is 15.0. The normalized spacial score (nSPS) is 11.0. The van der Waals surface area contributed by atoms with E-state index in [0.717, 1.165) is 18.9 Å². The van der Waals surface area contributed by atoms with Crippen molar-refractivity contribution in [2.45, 2.75) is 89.0 Å². The maximum atomic E-state index is 10.7. The van der Waals surface area contributed by atoms with Crippen molar-refractivity contribution < 1.29 is 4.79 Å². The van der Waals surface area contributed by atoms with Crippen LogP contribution in [0.15, 0.2) is 0 Å². The van der Waals surface area contributed by atoms with E-state index in [9.17, 15) is 4.79 Å². The topological polar surface area (TPSA) is 29.1 Å². The second kappa shape index (κ2) is 12.2. The van der Waals surface area contributed by atoms with Crippen LogP contribution in [0.4, 0.5) is 0 Å². The van der Waals surface area contributed by atoms with Crippen molar-refractivity contribution >= 4 is 5.91 Å². The van der Waals surface area contributed by atoms with Gasteiger partial charge in [-0.1, -0.05) is 75.7 Å². The fourth-order valence-corrected chi connectivity index (χ4v) is 1.86. The summed E-state index contributed by atoms with van der Waals surface area (Å²) in [5.41, 5.74) is 0.506. The van der Waals surface area contributed by atoms with E-state index >= 15 is 0 Å². The molecule has 0 heterocycles. The molecule has 20 heavy (non-hydrogen) atoms. The van der Waals surface area contributed by atoms with E-state index < -0.39 is 0 Å². The van der Waals surface area contributed by atoms with Crippen molar-refractivity contribution in [2.24, 2.45) is 16.7 Å². The number of rotatable bonds is 4. The molecule has 0 aliphatic carbocycles. The van der Waals surface area contributed by atoms with Gasteiger partial charge in [-0.25, -0.2) is 0 Å². The lowest BCUT2D eigenvalue weighted by atomic mass is 9.76. The van der Waals surface area contributed by atoms with Crippen LogP contribution < -0.4 is 5.32 Å². The molecule has 124 valence electrons. The number of hydrogen-bond donors (Lipinski definition) is 1. The van der Waals surface area contributed by atoms with Gasteiger partial charge in [0.05, 0.1) is 0 Å². The van der Waals surface area contributed by atoms with Crippen LogP contribution in [0.25, 0.3) is 0 Å². The molecule has 2 heteroatoms. The summed E-state index contributed by atoms with van der Waals surface area (Å²) in [6.07, 6.45) is 2.42. The quantitative estimate of drug-likeness (QED) is 0.709. The highest BCUT2D eigenvalue weighted by Crippen LogP contribution is 2.32. The van der Waals surface area contributed by atoms with Gasteiger partial charge in [0.25, 0.3) is 0 Å². The Hall–Kier alpha value is -0.530. The van der Waals surface area contributed by atoms with Crippen LogP contribution in [0, 0.1) is 16.7 Å². The van der Waals surface area contributed by atoms with E-state index in [1.54, 1.807) is 6.92 Å². The molecule has 0 bridgehead atoms. The Bertz CT molecular complexity index is 224. The minimum atomic E-state index is 0.0574. The van der Waals surface area contributed by atoms with Crippen molar-refractivity contribution in [3.05, 3.63) is 0 Å². The Morgan fingerprint density at radius 1 is 1.05 bits per heavy atom. The van der Waals surface area contributed by atoms with Crippen LogP contribution in [0.5, 0.6) is 0 Å². The predicted octanol–water partition coefficient (Wildman–Crippen LogP) is 5.66. The Labute approximate surface area is 129 Å². The summed E-state index contributed by atoms with van der Waals surface area (Å²) in [7, 11) is 0. The van der Waals surface area contributed by atoms with Crippen molar-refractivity contribution in [2.75, 3.05) is 6.54 Å². The highest BCUT2D eigenvalue weighted by molar-refractivity contribution is 5.72. The zero-order chi connectivity index (χ0) is 17.0. The predicted molar refractivity (Wildman–Crippen MR) is 93.0 cm³/mol. The monoisotopic (exact) mass is 287 g/mol. The summed E-state index contributed by atoms with van der Waals surface area (Å²) in [5.74, 6) is 0.942. The Morgan fingerprint density at radius 3 is 1.60 bits per heavy atom. The summed E-state index contributed by atoms with van der Waals surface area (Å²) < 4.78 is 0. The lowest BCUT2D eigenvalue weighted by Crippen LogP contribution is -2.35. The standard InChI is InChI=1S/C11H23NO.C5H12.C2H6/c1-9(13)12-8-11(5,6)7-10(2,3)4;1-4-5(2)3;1-2/h7-8H2,1-6H3,(H,12,13);5H,4H2,1-3H3;1-2H3. The van der Waals surface area contributed by atoms with Gasteiger partial charge in [0.1, 0.15) is 0 Å². The third-order valence-electron chi connectivity index (χ3n) is 2.64. The highest BCUT2D eigenvalue weighted by Gasteiger charge is 2.25. The van der Waals surface area contributed by atoms with E-state index in [-0.39, 0.29) is 11.3 Å². The third-order valence-corrected chi connectivity index (χ3v) is 2.64. The third kappa shape index (κ3) is 26.1. The Morgan fingerprint density at radius 2 is 1.40 bits per heavy atom. The smallest absolute Gasteiger partial charge is 0.216 e. The van der Waals surface area contributed by atoms with Gasteiger partial charge in [-0.2, -0.15) is 0 Å². The van der Waals surface area contributed by atoms with Crippen LogP contribution in [0.3, 0.4) is 0 Å². The Balaban J connectivity index is -0.000000346. The van der Waals surface area contributed by atoms with Gasteiger partial charge in [0.15, 0.2) is 0 Å². The fraction of sp³-hybridized carbons (Fsp3) is 0.944. The minimum Gasteiger partial charge on any atom is -0.356 e. The molecule has 0 unspecified atom stereocenters. The number of nitrogens with one attached hydrogen (secondary N) is 1. The van der Waals surface area contributed by atoms with Crippen molar-refractivity contribution in [3.8, 4) is 0 Å². The highest BCUT2D eigenvalue weighted by atomic mass is 16.1. The summed E-state index contributed by atoms with van der Waals surface area (Å²) >= 11 is 0. The van der Waals surface area contributed by atoms with Crippen molar-refractivity contribution in [1.82, 2.24) is 5.32 Å². The molecule has 0 rings (SSSR count). The zero-order valence-corrected chi connectivity index (χ0v) is 16.1. The minimum absolute atomic E-state index is 0.0574. The molecule has 0 radical (unpaired) electrons. The number of carbonyl (C=O) groups is 1. The molecule has 0 aliphatic rings. The summed E-state index contributed by atoms with van der Waals surface area (Å²) in [4.78, 5) is 10.7. The van der Waals surface area contributed by atoms with Gasteiger partial charge >= 0.3 is 0 Å². The molecule has 0 aromatic heterocycles. The second-order valence-corrected chi connectivity index (χ2v) is 7.61. The molecule has 0 spiro atoms. The zero-order valence-electron chi connectivity index (χ0n) is 16.1. The first-order chi connectivity index (χ1) is 8.89. The summed E-state index contributed by atoms with van der Waals surface area (Å²) in [5, 5.41) is 2.87. The molecule has 0 aliphatic heterocycles. The average Bonchev–Trinajstić information content (AvgIpc) is 2.27. The number of carbonyl (C=O) groups excluding carboxylic acids is 1. The van der Waals surface area contributed by atoms with E-state index in [4.69, 9.17) is 0 Å². The number of amides is 1. The molecule has 0 fully saturated rings. The largest absolute Gasteiger partial charge is 0.356 e. The first-order valence-corrected chi connectivity index (χ1v) is 8.14. The van der Waals surface area contributed by atoms with Crippen molar-refractivity contribution in [1.29, 1.82) is 0 Å². The second-order valence-electron chi connectivity index (χ2n) is 7.61. The lowest BCUT2D eigenvalue weighted by Gasteiger charge is -2.32. The maximum absolute atomic E-state index is 10.7. The molecule has 0 aromatic carbocycles. The van der Waals surface area contributed by atoms with Crippen LogP contribution in [0.2, 0.25) is 0 Å².